The highest BCUT2D eigenvalue weighted by molar-refractivity contribution is 8.00. The second kappa shape index (κ2) is 6.77. The first kappa shape index (κ1) is 13.3. The van der Waals surface area contributed by atoms with E-state index in [2.05, 4.69) is 37.4 Å². The van der Waals surface area contributed by atoms with Gasteiger partial charge in [0.1, 0.15) is 0 Å². The molecule has 1 aliphatic rings. The minimum Gasteiger partial charge on any atom is -0.329 e. The number of hydrogen-bond acceptors (Lipinski definition) is 3. The van der Waals surface area contributed by atoms with E-state index in [4.69, 9.17) is 5.73 Å². The number of hydrogen-bond donors (Lipinski definition) is 1. The maximum Gasteiger partial charge on any atom is 0.0222 e. The molecular formula is C12H26N2S. The SMILES string of the molecule is CCCCC(CN)N1CCSC(C)C1C. The van der Waals surface area contributed by atoms with E-state index in [-0.39, 0.29) is 0 Å². The Kier molecular flexibility index (Phi) is 6.02. The molecule has 0 radical (unpaired) electrons. The molecule has 3 heteroatoms. The lowest BCUT2D eigenvalue weighted by Gasteiger charge is -2.42. The Morgan fingerprint density at radius 1 is 1.47 bits per heavy atom. The summed E-state index contributed by atoms with van der Waals surface area (Å²) in [6.45, 7) is 9.00. The number of unbranched alkanes of at least 4 members (excludes halogenated alkanes) is 1. The fourth-order valence-corrected chi connectivity index (χ4v) is 3.45. The van der Waals surface area contributed by atoms with Crippen LogP contribution < -0.4 is 5.73 Å². The van der Waals surface area contributed by atoms with Gasteiger partial charge in [0.15, 0.2) is 0 Å². The van der Waals surface area contributed by atoms with Crippen LogP contribution >= 0.6 is 11.8 Å². The van der Waals surface area contributed by atoms with Crippen LogP contribution in [0.5, 0.6) is 0 Å². The van der Waals surface area contributed by atoms with Crippen LogP contribution in [0.25, 0.3) is 0 Å². The Hall–Kier alpha value is 0.270. The standard InChI is InChI=1S/C12H26N2S/c1-4-5-6-12(9-13)14-7-8-15-11(3)10(14)2/h10-12H,4-9,13H2,1-3H3. The van der Waals surface area contributed by atoms with Gasteiger partial charge in [-0.3, -0.25) is 4.90 Å². The average molecular weight is 230 g/mol. The van der Waals surface area contributed by atoms with Gasteiger partial charge in [-0.1, -0.05) is 26.7 Å². The Balaban J connectivity index is 2.49. The molecule has 0 spiro atoms. The molecule has 1 aliphatic heterocycles. The number of thioether (sulfide) groups is 1. The maximum absolute atomic E-state index is 5.90. The van der Waals surface area contributed by atoms with Crippen LogP contribution in [0.4, 0.5) is 0 Å². The van der Waals surface area contributed by atoms with Crippen molar-refractivity contribution in [3.8, 4) is 0 Å². The second-order valence-electron chi connectivity index (χ2n) is 4.59. The van der Waals surface area contributed by atoms with Crippen molar-refractivity contribution in [3.63, 3.8) is 0 Å². The molecule has 0 aliphatic carbocycles. The monoisotopic (exact) mass is 230 g/mol. The van der Waals surface area contributed by atoms with Gasteiger partial charge in [-0.2, -0.15) is 11.8 Å². The molecule has 90 valence electrons. The summed E-state index contributed by atoms with van der Waals surface area (Å²) < 4.78 is 0. The van der Waals surface area contributed by atoms with E-state index >= 15 is 0 Å². The summed E-state index contributed by atoms with van der Waals surface area (Å²) in [5.74, 6) is 1.27. The highest BCUT2D eigenvalue weighted by atomic mass is 32.2. The quantitative estimate of drug-likeness (QED) is 0.786. The molecule has 1 fully saturated rings. The molecule has 1 rings (SSSR count). The normalized spacial score (nSPS) is 30.4. The van der Waals surface area contributed by atoms with E-state index in [1.165, 1.54) is 31.6 Å². The predicted molar refractivity (Wildman–Crippen MR) is 70.5 cm³/mol. The fraction of sp³-hybridized carbons (Fsp3) is 1.00. The van der Waals surface area contributed by atoms with E-state index < -0.39 is 0 Å². The molecule has 0 aromatic heterocycles. The molecule has 1 heterocycles. The smallest absolute Gasteiger partial charge is 0.0222 e. The van der Waals surface area contributed by atoms with Gasteiger partial charge in [0, 0.05) is 36.2 Å². The summed E-state index contributed by atoms with van der Waals surface area (Å²) in [5, 5.41) is 0.759. The van der Waals surface area contributed by atoms with E-state index in [1.807, 2.05) is 0 Å². The van der Waals surface area contributed by atoms with Crippen LogP contribution in [0.15, 0.2) is 0 Å². The van der Waals surface area contributed by atoms with Gasteiger partial charge in [-0.15, -0.1) is 0 Å². The average Bonchev–Trinajstić information content (AvgIpc) is 2.25. The predicted octanol–water partition coefficient (Wildman–Crippen LogP) is 2.33. The zero-order chi connectivity index (χ0) is 11.3. The molecule has 0 amide bonds. The van der Waals surface area contributed by atoms with Gasteiger partial charge in [0.25, 0.3) is 0 Å². The molecule has 2 N–H and O–H groups in total. The Morgan fingerprint density at radius 2 is 2.20 bits per heavy atom. The molecule has 15 heavy (non-hydrogen) atoms. The van der Waals surface area contributed by atoms with Gasteiger partial charge >= 0.3 is 0 Å². The summed E-state index contributed by atoms with van der Waals surface area (Å²) in [6.07, 6.45) is 3.87. The Labute approximate surface area is 99.0 Å². The molecule has 0 saturated carbocycles. The minimum atomic E-state index is 0.614. The zero-order valence-corrected chi connectivity index (χ0v) is 11.2. The summed E-state index contributed by atoms with van der Waals surface area (Å²) in [5.41, 5.74) is 5.90. The lowest BCUT2D eigenvalue weighted by molar-refractivity contribution is 0.141. The lowest BCUT2D eigenvalue weighted by Crippen LogP contribution is -2.52. The molecule has 3 atom stereocenters. The fourth-order valence-electron chi connectivity index (χ4n) is 2.33. The van der Waals surface area contributed by atoms with Gasteiger partial charge in [0.05, 0.1) is 0 Å². The van der Waals surface area contributed by atoms with Gasteiger partial charge < -0.3 is 5.73 Å². The van der Waals surface area contributed by atoms with Crippen LogP contribution in [0.2, 0.25) is 0 Å². The number of nitrogens with two attached hydrogens (primary N) is 1. The summed E-state index contributed by atoms with van der Waals surface area (Å²) in [7, 11) is 0. The van der Waals surface area contributed by atoms with Crippen molar-refractivity contribution in [1.82, 2.24) is 4.90 Å². The van der Waals surface area contributed by atoms with Crippen molar-refractivity contribution in [3.05, 3.63) is 0 Å². The van der Waals surface area contributed by atoms with Crippen LogP contribution in [0.1, 0.15) is 40.0 Å². The van der Waals surface area contributed by atoms with Gasteiger partial charge in [-0.25, -0.2) is 0 Å². The van der Waals surface area contributed by atoms with Crippen LogP contribution in [-0.4, -0.2) is 41.1 Å². The van der Waals surface area contributed by atoms with E-state index in [0.717, 1.165) is 11.8 Å². The topological polar surface area (TPSA) is 29.3 Å². The molecule has 0 aromatic carbocycles. The molecule has 3 unspecified atom stereocenters. The van der Waals surface area contributed by atoms with Crippen LogP contribution in [0, 0.1) is 0 Å². The minimum absolute atomic E-state index is 0.614. The third-order valence-electron chi connectivity index (χ3n) is 3.56. The summed E-state index contributed by atoms with van der Waals surface area (Å²) in [6, 6.07) is 1.30. The first-order chi connectivity index (χ1) is 7.20. The maximum atomic E-state index is 5.90. The van der Waals surface area contributed by atoms with Crippen molar-refractivity contribution in [2.45, 2.75) is 57.4 Å². The molecule has 2 nitrogen and oxygen atoms in total. The van der Waals surface area contributed by atoms with Crippen molar-refractivity contribution in [2.24, 2.45) is 5.73 Å². The largest absolute Gasteiger partial charge is 0.329 e. The molecule has 0 bridgehead atoms. The Morgan fingerprint density at radius 3 is 2.80 bits per heavy atom. The highest BCUT2D eigenvalue weighted by Gasteiger charge is 2.29. The van der Waals surface area contributed by atoms with Gasteiger partial charge in [-0.05, 0) is 13.3 Å². The highest BCUT2D eigenvalue weighted by Crippen LogP contribution is 2.26. The Bertz CT molecular complexity index is 175. The van der Waals surface area contributed by atoms with Crippen LogP contribution in [-0.2, 0) is 0 Å². The number of rotatable bonds is 5. The third kappa shape index (κ3) is 3.65. The number of nitrogens with zero attached hydrogens (tertiary/aromatic N) is 1. The van der Waals surface area contributed by atoms with Crippen molar-refractivity contribution in [2.75, 3.05) is 18.8 Å². The van der Waals surface area contributed by atoms with Crippen molar-refractivity contribution in [1.29, 1.82) is 0 Å². The summed E-state index contributed by atoms with van der Waals surface area (Å²) in [4.78, 5) is 2.64. The molecule has 1 saturated heterocycles. The van der Waals surface area contributed by atoms with E-state index in [9.17, 15) is 0 Å². The lowest BCUT2D eigenvalue weighted by atomic mass is 10.0. The van der Waals surface area contributed by atoms with Crippen LogP contribution in [0.3, 0.4) is 0 Å². The third-order valence-corrected chi connectivity index (χ3v) is 4.90. The van der Waals surface area contributed by atoms with E-state index in [0.29, 0.717) is 12.1 Å². The van der Waals surface area contributed by atoms with Crippen molar-refractivity contribution < 1.29 is 0 Å². The van der Waals surface area contributed by atoms with Gasteiger partial charge in [0.2, 0.25) is 0 Å². The molecule has 0 aromatic rings. The first-order valence-electron chi connectivity index (χ1n) is 6.28. The van der Waals surface area contributed by atoms with Crippen molar-refractivity contribution >= 4 is 11.8 Å². The molecular weight excluding hydrogens is 204 g/mol. The zero-order valence-electron chi connectivity index (χ0n) is 10.4. The summed E-state index contributed by atoms with van der Waals surface area (Å²) >= 11 is 2.10. The first-order valence-corrected chi connectivity index (χ1v) is 7.33. The second-order valence-corrected chi connectivity index (χ2v) is 6.07. The van der Waals surface area contributed by atoms with E-state index in [1.54, 1.807) is 0 Å².